The minimum absolute atomic E-state index is 0.926. The van der Waals surface area contributed by atoms with E-state index in [0.717, 1.165) is 5.76 Å². The molecule has 0 saturated heterocycles. The SMILES string of the molecule is CC1=CC=CC=CO1.O=C(O)CC(O)(CC(=O)O)C(=O)O. The molecule has 0 saturated carbocycles. The van der Waals surface area contributed by atoms with Crippen molar-refractivity contribution >= 4 is 17.9 Å². The van der Waals surface area contributed by atoms with Crippen molar-refractivity contribution < 1.29 is 39.5 Å². The number of allylic oxidation sites excluding steroid dienone is 5. The Morgan fingerprint density at radius 3 is 2.00 bits per heavy atom. The summed E-state index contributed by atoms with van der Waals surface area (Å²) in [5.74, 6) is -4.09. The molecule has 8 heteroatoms. The largest absolute Gasteiger partial charge is 0.481 e. The number of aliphatic carboxylic acids is 3. The molecule has 1 heterocycles. The summed E-state index contributed by atoms with van der Waals surface area (Å²) in [6.45, 7) is 1.92. The van der Waals surface area contributed by atoms with Crippen LogP contribution in [-0.4, -0.2) is 43.9 Å². The van der Waals surface area contributed by atoms with Crippen molar-refractivity contribution in [1.82, 2.24) is 0 Å². The Labute approximate surface area is 120 Å². The number of ether oxygens (including phenoxy) is 1. The lowest BCUT2D eigenvalue weighted by Gasteiger charge is -2.18. The van der Waals surface area contributed by atoms with Gasteiger partial charge in [0.2, 0.25) is 0 Å². The lowest BCUT2D eigenvalue weighted by atomic mass is 9.96. The molecule has 0 aromatic carbocycles. The smallest absolute Gasteiger partial charge is 0.336 e. The van der Waals surface area contributed by atoms with Crippen LogP contribution in [0.1, 0.15) is 19.8 Å². The van der Waals surface area contributed by atoms with Gasteiger partial charge < -0.3 is 25.2 Å². The molecule has 0 amide bonds. The van der Waals surface area contributed by atoms with Crippen LogP contribution < -0.4 is 0 Å². The van der Waals surface area contributed by atoms with Crippen molar-refractivity contribution in [3.05, 3.63) is 36.3 Å². The highest BCUT2D eigenvalue weighted by atomic mass is 16.5. The first-order valence-corrected chi connectivity index (χ1v) is 5.73. The summed E-state index contributed by atoms with van der Waals surface area (Å²) in [5, 5.41) is 33.8. The summed E-state index contributed by atoms with van der Waals surface area (Å²) < 4.78 is 5.02. The fourth-order valence-corrected chi connectivity index (χ4v) is 1.20. The lowest BCUT2D eigenvalue weighted by molar-refractivity contribution is -0.170. The lowest BCUT2D eigenvalue weighted by Crippen LogP contribution is -2.42. The molecule has 0 aromatic heterocycles. The van der Waals surface area contributed by atoms with Crippen molar-refractivity contribution in [2.75, 3.05) is 0 Å². The summed E-state index contributed by atoms with van der Waals surface area (Å²) in [6.07, 6.45) is 7.01. The zero-order valence-electron chi connectivity index (χ0n) is 11.2. The average Bonchev–Trinajstić information content (AvgIpc) is 2.55. The molecular weight excluding hydrogens is 284 g/mol. The van der Waals surface area contributed by atoms with Crippen LogP contribution in [0.15, 0.2) is 36.3 Å². The first kappa shape index (κ1) is 18.4. The highest BCUT2D eigenvalue weighted by molar-refractivity contribution is 5.88. The molecule has 1 aliphatic heterocycles. The molecule has 21 heavy (non-hydrogen) atoms. The number of hydrogen-bond acceptors (Lipinski definition) is 5. The summed E-state index contributed by atoms with van der Waals surface area (Å²) in [7, 11) is 0. The summed E-state index contributed by atoms with van der Waals surface area (Å²) >= 11 is 0. The molecule has 0 bridgehead atoms. The third-order valence-corrected chi connectivity index (χ3v) is 2.17. The van der Waals surface area contributed by atoms with E-state index in [0.29, 0.717) is 0 Å². The van der Waals surface area contributed by atoms with Crippen molar-refractivity contribution in [2.24, 2.45) is 0 Å². The van der Waals surface area contributed by atoms with Gasteiger partial charge in [-0.25, -0.2) is 4.79 Å². The van der Waals surface area contributed by atoms with Gasteiger partial charge in [0.05, 0.1) is 19.1 Å². The number of carboxylic acid groups (broad SMARTS) is 3. The maximum atomic E-state index is 10.3. The number of carbonyl (C=O) groups is 3. The molecule has 1 aliphatic rings. The van der Waals surface area contributed by atoms with Crippen molar-refractivity contribution in [1.29, 1.82) is 0 Å². The Hall–Kier alpha value is -2.61. The predicted molar refractivity (Wildman–Crippen MR) is 70.2 cm³/mol. The Morgan fingerprint density at radius 1 is 1.05 bits per heavy atom. The van der Waals surface area contributed by atoms with Gasteiger partial charge in [-0.05, 0) is 19.1 Å². The molecule has 4 N–H and O–H groups in total. The van der Waals surface area contributed by atoms with Crippen molar-refractivity contribution in [2.45, 2.75) is 25.4 Å². The van der Waals surface area contributed by atoms with Gasteiger partial charge in [-0.3, -0.25) is 9.59 Å². The minimum atomic E-state index is -2.74. The summed E-state index contributed by atoms with van der Waals surface area (Å²) in [5.41, 5.74) is -2.74. The van der Waals surface area contributed by atoms with Crippen molar-refractivity contribution in [3.8, 4) is 0 Å². The maximum absolute atomic E-state index is 10.3. The van der Waals surface area contributed by atoms with E-state index in [9.17, 15) is 14.4 Å². The highest BCUT2D eigenvalue weighted by Gasteiger charge is 2.40. The Kier molecular flexibility index (Phi) is 7.48. The van der Waals surface area contributed by atoms with Gasteiger partial charge in [-0.15, -0.1) is 0 Å². The molecule has 0 spiro atoms. The molecule has 0 unspecified atom stereocenters. The van der Waals surface area contributed by atoms with Crippen LogP contribution in [0, 0.1) is 0 Å². The number of rotatable bonds is 5. The van der Waals surface area contributed by atoms with Crippen LogP contribution in [0.2, 0.25) is 0 Å². The van der Waals surface area contributed by atoms with Gasteiger partial charge in [0, 0.05) is 0 Å². The van der Waals surface area contributed by atoms with Crippen LogP contribution >= 0.6 is 0 Å². The van der Waals surface area contributed by atoms with Crippen LogP contribution in [-0.2, 0) is 19.1 Å². The first-order valence-electron chi connectivity index (χ1n) is 5.73. The molecule has 0 fully saturated rings. The summed E-state index contributed by atoms with van der Waals surface area (Å²) in [6, 6.07) is 0. The van der Waals surface area contributed by atoms with Gasteiger partial charge in [-0.2, -0.15) is 0 Å². The molecule has 0 radical (unpaired) electrons. The van der Waals surface area contributed by atoms with Gasteiger partial charge in [0.15, 0.2) is 5.60 Å². The fourth-order valence-electron chi connectivity index (χ4n) is 1.20. The monoisotopic (exact) mass is 300 g/mol. The maximum Gasteiger partial charge on any atom is 0.336 e. The van der Waals surface area contributed by atoms with Gasteiger partial charge in [0.1, 0.15) is 5.76 Å². The normalized spacial score (nSPS) is 13.1. The fraction of sp³-hybridized carbons (Fsp3) is 0.308. The van der Waals surface area contributed by atoms with E-state index in [1.807, 2.05) is 31.2 Å². The molecule has 8 nitrogen and oxygen atoms in total. The van der Waals surface area contributed by atoms with E-state index < -0.39 is 36.4 Å². The third-order valence-electron chi connectivity index (χ3n) is 2.17. The molecular formula is C13H16O8. The number of carboxylic acids is 3. The average molecular weight is 300 g/mol. The van der Waals surface area contributed by atoms with E-state index in [4.69, 9.17) is 25.2 Å². The van der Waals surface area contributed by atoms with Crippen LogP contribution in [0.25, 0.3) is 0 Å². The third kappa shape index (κ3) is 8.22. The quantitative estimate of drug-likeness (QED) is 0.582. The van der Waals surface area contributed by atoms with Gasteiger partial charge in [-0.1, -0.05) is 12.2 Å². The first-order chi connectivity index (χ1) is 9.67. The van der Waals surface area contributed by atoms with E-state index in [1.54, 1.807) is 6.26 Å². The number of hydrogen-bond donors (Lipinski definition) is 4. The van der Waals surface area contributed by atoms with Gasteiger partial charge >= 0.3 is 17.9 Å². The van der Waals surface area contributed by atoms with E-state index in [1.165, 1.54) is 0 Å². The Bertz CT molecular complexity index is 470. The van der Waals surface area contributed by atoms with E-state index >= 15 is 0 Å². The second-order valence-corrected chi connectivity index (χ2v) is 4.09. The van der Waals surface area contributed by atoms with E-state index in [-0.39, 0.29) is 0 Å². The van der Waals surface area contributed by atoms with E-state index in [2.05, 4.69) is 0 Å². The highest BCUT2D eigenvalue weighted by Crippen LogP contribution is 2.15. The zero-order chi connectivity index (χ0) is 16.5. The molecule has 1 rings (SSSR count). The second-order valence-electron chi connectivity index (χ2n) is 4.09. The van der Waals surface area contributed by atoms with Crippen LogP contribution in [0.4, 0.5) is 0 Å². The molecule has 116 valence electrons. The van der Waals surface area contributed by atoms with Crippen molar-refractivity contribution in [3.63, 3.8) is 0 Å². The predicted octanol–water partition coefficient (Wildman–Crippen LogP) is 0.742. The molecule has 0 aromatic rings. The molecule has 0 atom stereocenters. The van der Waals surface area contributed by atoms with Crippen LogP contribution in [0.3, 0.4) is 0 Å². The topological polar surface area (TPSA) is 141 Å². The standard InChI is InChI=1S/C7H8O.C6H8O7/c1-7-5-3-2-4-6-8-7;7-3(8)1-6(13,5(11)12)2-4(9)10/h2-6H,1H3;13H,1-2H2,(H,7,8)(H,9,10)(H,11,12). The zero-order valence-corrected chi connectivity index (χ0v) is 11.2. The Morgan fingerprint density at radius 2 is 1.57 bits per heavy atom. The molecule has 0 aliphatic carbocycles. The minimum Gasteiger partial charge on any atom is -0.481 e. The number of aliphatic hydroxyl groups is 1. The second kappa shape index (κ2) is 8.54. The van der Waals surface area contributed by atoms with Crippen LogP contribution in [0.5, 0.6) is 0 Å². The van der Waals surface area contributed by atoms with Gasteiger partial charge in [0.25, 0.3) is 0 Å². The summed E-state index contributed by atoms with van der Waals surface area (Å²) in [4.78, 5) is 30.5. The Balaban J connectivity index is 0.000000423.